The van der Waals surface area contributed by atoms with Crippen LogP contribution >= 0.6 is 0 Å². The summed E-state index contributed by atoms with van der Waals surface area (Å²) in [7, 11) is -3.21. The highest BCUT2D eigenvalue weighted by molar-refractivity contribution is 7.93. The summed E-state index contributed by atoms with van der Waals surface area (Å²) in [5, 5.41) is 11.1. The molecule has 0 unspecified atom stereocenters. The van der Waals surface area contributed by atoms with Crippen molar-refractivity contribution < 1.29 is 13.2 Å². The molecule has 2 aromatic heterocycles. The van der Waals surface area contributed by atoms with Gasteiger partial charge in [0.15, 0.2) is 5.65 Å². The number of aromatic nitrogens is 3. The van der Waals surface area contributed by atoms with Crippen LogP contribution in [0.4, 0.5) is 5.69 Å². The van der Waals surface area contributed by atoms with Crippen LogP contribution in [0, 0.1) is 0 Å². The first-order chi connectivity index (χ1) is 13.0. The number of sulfonamides is 1. The molecule has 1 fully saturated rings. The first kappa shape index (κ1) is 17.5. The maximum absolute atomic E-state index is 12.3. The van der Waals surface area contributed by atoms with Gasteiger partial charge in [-0.2, -0.15) is 0 Å². The third kappa shape index (κ3) is 3.50. The van der Waals surface area contributed by atoms with E-state index in [9.17, 15) is 13.2 Å². The highest BCUT2D eigenvalue weighted by Gasteiger charge is 2.28. The first-order valence-corrected chi connectivity index (χ1v) is 10.3. The van der Waals surface area contributed by atoms with Crippen molar-refractivity contribution in [2.45, 2.75) is 12.8 Å². The van der Waals surface area contributed by atoms with Gasteiger partial charge >= 0.3 is 0 Å². The lowest BCUT2D eigenvalue weighted by atomic mass is 10.2. The van der Waals surface area contributed by atoms with E-state index in [-0.39, 0.29) is 11.7 Å². The van der Waals surface area contributed by atoms with Crippen LogP contribution in [0.5, 0.6) is 0 Å². The van der Waals surface area contributed by atoms with Crippen molar-refractivity contribution in [1.82, 2.24) is 19.9 Å². The maximum Gasteiger partial charge on any atom is 0.251 e. The largest absolute Gasteiger partial charge is 0.352 e. The van der Waals surface area contributed by atoms with E-state index in [2.05, 4.69) is 15.5 Å². The van der Waals surface area contributed by atoms with Gasteiger partial charge in [0, 0.05) is 31.3 Å². The number of rotatable bonds is 5. The zero-order valence-corrected chi connectivity index (χ0v) is 15.4. The molecule has 0 saturated carbocycles. The van der Waals surface area contributed by atoms with Crippen LogP contribution in [-0.4, -0.2) is 47.8 Å². The molecule has 1 amide bonds. The third-order valence-electron chi connectivity index (χ3n) is 4.54. The maximum atomic E-state index is 12.3. The Morgan fingerprint density at radius 3 is 2.67 bits per heavy atom. The minimum absolute atomic E-state index is 0.173. The fourth-order valence-electron chi connectivity index (χ4n) is 3.16. The van der Waals surface area contributed by atoms with Gasteiger partial charge in [0.1, 0.15) is 5.82 Å². The molecule has 0 atom stereocenters. The lowest BCUT2D eigenvalue weighted by molar-refractivity contribution is 0.0954. The average Bonchev–Trinajstić information content (AvgIpc) is 3.24. The molecule has 0 bridgehead atoms. The number of hydrogen-bond acceptors (Lipinski definition) is 5. The van der Waals surface area contributed by atoms with Gasteiger partial charge in [-0.15, -0.1) is 10.2 Å². The standard InChI is InChI=1S/C18H19N5O3S/c24-18(19-10-9-17-21-20-16-4-1-2-11-22(16)17)14-5-7-15(8-6-14)23-12-3-13-27(23,25)26/h1-2,4-8,11H,3,9-10,12-13H2,(H,19,24). The van der Waals surface area contributed by atoms with Gasteiger partial charge in [0.05, 0.1) is 11.4 Å². The summed E-state index contributed by atoms with van der Waals surface area (Å²) in [6, 6.07) is 12.3. The number of fused-ring (bicyclic) bond motifs is 1. The number of benzene rings is 1. The second kappa shape index (κ2) is 6.99. The highest BCUT2D eigenvalue weighted by Crippen LogP contribution is 2.24. The first-order valence-electron chi connectivity index (χ1n) is 8.72. The van der Waals surface area contributed by atoms with E-state index in [1.807, 2.05) is 28.8 Å². The molecule has 27 heavy (non-hydrogen) atoms. The molecular weight excluding hydrogens is 366 g/mol. The van der Waals surface area contributed by atoms with Crippen LogP contribution in [0.3, 0.4) is 0 Å². The molecule has 4 rings (SSSR count). The molecule has 1 N–H and O–H groups in total. The van der Waals surface area contributed by atoms with E-state index in [4.69, 9.17) is 0 Å². The lowest BCUT2D eigenvalue weighted by Crippen LogP contribution is -2.27. The molecule has 3 aromatic rings. The van der Waals surface area contributed by atoms with Gasteiger partial charge in [-0.05, 0) is 42.8 Å². The summed E-state index contributed by atoms with van der Waals surface area (Å²) < 4.78 is 27.2. The Bertz CT molecular complexity index is 1080. The van der Waals surface area contributed by atoms with Crippen molar-refractivity contribution in [3.63, 3.8) is 0 Å². The fourth-order valence-corrected chi connectivity index (χ4v) is 4.72. The second-order valence-corrected chi connectivity index (χ2v) is 8.35. The summed E-state index contributed by atoms with van der Waals surface area (Å²) in [5.74, 6) is 0.743. The molecule has 1 aromatic carbocycles. The Balaban J connectivity index is 1.37. The molecule has 9 heteroatoms. The summed E-state index contributed by atoms with van der Waals surface area (Å²) in [4.78, 5) is 12.3. The highest BCUT2D eigenvalue weighted by atomic mass is 32.2. The number of amides is 1. The number of nitrogens with zero attached hydrogens (tertiary/aromatic N) is 4. The zero-order valence-electron chi connectivity index (χ0n) is 14.6. The lowest BCUT2D eigenvalue weighted by Gasteiger charge is -2.17. The van der Waals surface area contributed by atoms with Gasteiger partial charge in [-0.3, -0.25) is 13.5 Å². The quantitative estimate of drug-likeness (QED) is 0.713. The molecule has 1 saturated heterocycles. The molecule has 8 nitrogen and oxygen atoms in total. The number of anilines is 1. The molecule has 3 heterocycles. The summed E-state index contributed by atoms with van der Waals surface area (Å²) >= 11 is 0. The van der Waals surface area contributed by atoms with Gasteiger partial charge in [0.25, 0.3) is 5.91 Å². The Labute approximate surface area is 156 Å². The minimum Gasteiger partial charge on any atom is -0.352 e. The van der Waals surface area contributed by atoms with Crippen LogP contribution in [-0.2, 0) is 16.4 Å². The Morgan fingerprint density at radius 2 is 1.93 bits per heavy atom. The Kier molecular flexibility index (Phi) is 4.53. The minimum atomic E-state index is -3.21. The van der Waals surface area contributed by atoms with Crippen molar-refractivity contribution in [2.75, 3.05) is 23.1 Å². The van der Waals surface area contributed by atoms with Crippen molar-refractivity contribution >= 4 is 27.3 Å². The second-order valence-electron chi connectivity index (χ2n) is 6.34. The number of nitrogens with one attached hydrogen (secondary N) is 1. The van der Waals surface area contributed by atoms with E-state index in [1.54, 1.807) is 24.3 Å². The number of hydrogen-bond donors (Lipinski definition) is 1. The molecule has 1 aliphatic rings. The average molecular weight is 385 g/mol. The zero-order chi connectivity index (χ0) is 18.9. The normalized spacial score (nSPS) is 15.9. The van der Waals surface area contributed by atoms with E-state index in [1.165, 1.54) is 4.31 Å². The van der Waals surface area contributed by atoms with E-state index >= 15 is 0 Å². The van der Waals surface area contributed by atoms with Crippen LogP contribution in [0.1, 0.15) is 22.6 Å². The Morgan fingerprint density at radius 1 is 1.11 bits per heavy atom. The van der Waals surface area contributed by atoms with Crippen LogP contribution in [0.25, 0.3) is 5.65 Å². The fraction of sp³-hybridized carbons (Fsp3) is 0.278. The summed E-state index contributed by atoms with van der Waals surface area (Å²) in [5.41, 5.74) is 1.85. The van der Waals surface area contributed by atoms with Gasteiger partial charge < -0.3 is 5.32 Å². The molecule has 0 radical (unpaired) electrons. The van der Waals surface area contributed by atoms with Crippen LogP contribution in [0.15, 0.2) is 48.7 Å². The Hall–Kier alpha value is -2.94. The SMILES string of the molecule is O=C(NCCc1nnc2ccccn12)c1ccc(N2CCCS2(=O)=O)cc1. The molecule has 1 aliphatic heterocycles. The van der Waals surface area contributed by atoms with Crippen LogP contribution in [0.2, 0.25) is 0 Å². The van der Waals surface area contributed by atoms with Crippen LogP contribution < -0.4 is 9.62 Å². The van der Waals surface area contributed by atoms with Gasteiger partial charge in [-0.1, -0.05) is 6.07 Å². The van der Waals surface area contributed by atoms with Crippen molar-refractivity contribution in [2.24, 2.45) is 0 Å². The monoisotopic (exact) mass is 385 g/mol. The van der Waals surface area contributed by atoms with Gasteiger partial charge in [-0.25, -0.2) is 8.42 Å². The molecule has 0 aliphatic carbocycles. The summed E-state index contributed by atoms with van der Waals surface area (Å²) in [6.07, 6.45) is 3.07. The summed E-state index contributed by atoms with van der Waals surface area (Å²) in [6.45, 7) is 0.914. The van der Waals surface area contributed by atoms with E-state index in [0.29, 0.717) is 37.2 Å². The van der Waals surface area contributed by atoms with Crippen molar-refractivity contribution in [3.8, 4) is 0 Å². The molecule has 140 valence electrons. The molecule has 0 spiro atoms. The number of pyridine rings is 1. The molecular formula is C18H19N5O3S. The van der Waals surface area contributed by atoms with E-state index in [0.717, 1.165) is 11.5 Å². The van der Waals surface area contributed by atoms with Crippen molar-refractivity contribution in [1.29, 1.82) is 0 Å². The van der Waals surface area contributed by atoms with Gasteiger partial charge in [0.2, 0.25) is 10.0 Å². The van der Waals surface area contributed by atoms with Crippen molar-refractivity contribution in [3.05, 3.63) is 60.0 Å². The predicted molar refractivity (Wildman–Crippen MR) is 101 cm³/mol. The number of carbonyl (C=O) groups excluding carboxylic acids is 1. The van der Waals surface area contributed by atoms with E-state index < -0.39 is 10.0 Å². The third-order valence-corrected chi connectivity index (χ3v) is 6.40. The number of carbonyl (C=O) groups is 1. The predicted octanol–water partition coefficient (Wildman–Crippen LogP) is 1.24. The topological polar surface area (TPSA) is 96.7 Å². The smallest absolute Gasteiger partial charge is 0.251 e.